The third kappa shape index (κ3) is 1.44. The van der Waals surface area contributed by atoms with Gasteiger partial charge in [0.2, 0.25) is 0 Å². The smallest absolute Gasteiger partial charge is 0.151 e. The number of fused-ring (bicyclic) bond motifs is 1. The predicted molar refractivity (Wildman–Crippen MR) is 71.6 cm³/mol. The van der Waals surface area contributed by atoms with Gasteiger partial charge in [-0.05, 0) is 30.7 Å². The van der Waals surface area contributed by atoms with Crippen molar-refractivity contribution < 1.29 is 4.74 Å². The SMILES string of the molecule is COc1c(N)cc(C)c2[nH]c(-c3ccn[nH]3)cc12. The molecule has 3 aromatic rings. The zero-order chi connectivity index (χ0) is 12.7. The van der Waals surface area contributed by atoms with Crippen LogP contribution in [0.3, 0.4) is 0 Å². The first kappa shape index (κ1) is 10.7. The van der Waals surface area contributed by atoms with Crippen molar-refractivity contribution in [2.75, 3.05) is 12.8 Å². The van der Waals surface area contributed by atoms with E-state index in [1.165, 1.54) is 0 Å². The average Bonchev–Trinajstić information content (AvgIpc) is 2.97. The number of hydrogen-bond donors (Lipinski definition) is 3. The number of aromatic amines is 2. The van der Waals surface area contributed by atoms with Crippen molar-refractivity contribution in [3.8, 4) is 17.1 Å². The van der Waals surface area contributed by atoms with E-state index in [2.05, 4.69) is 15.2 Å². The number of rotatable bonds is 2. The average molecular weight is 242 g/mol. The largest absolute Gasteiger partial charge is 0.494 e. The molecule has 0 amide bonds. The third-order valence-corrected chi connectivity index (χ3v) is 3.09. The summed E-state index contributed by atoms with van der Waals surface area (Å²) in [4.78, 5) is 3.36. The number of aryl methyl sites for hydroxylation is 1. The van der Waals surface area contributed by atoms with Crippen LogP contribution in [0.5, 0.6) is 5.75 Å². The zero-order valence-electron chi connectivity index (χ0n) is 10.2. The fourth-order valence-corrected chi connectivity index (χ4v) is 2.25. The maximum atomic E-state index is 5.97. The van der Waals surface area contributed by atoms with Crippen LogP contribution >= 0.6 is 0 Å². The van der Waals surface area contributed by atoms with Crippen LogP contribution in [0, 0.1) is 6.92 Å². The molecule has 0 aliphatic carbocycles. The van der Waals surface area contributed by atoms with Gasteiger partial charge in [-0.1, -0.05) is 0 Å². The summed E-state index contributed by atoms with van der Waals surface area (Å²) in [5.41, 5.74) is 10.6. The van der Waals surface area contributed by atoms with E-state index < -0.39 is 0 Å². The normalized spacial score (nSPS) is 11.0. The number of nitrogens with zero attached hydrogens (tertiary/aromatic N) is 1. The van der Waals surface area contributed by atoms with Gasteiger partial charge in [-0.2, -0.15) is 5.10 Å². The molecular weight excluding hydrogens is 228 g/mol. The molecule has 0 saturated heterocycles. The van der Waals surface area contributed by atoms with Crippen LogP contribution in [0.15, 0.2) is 24.4 Å². The minimum atomic E-state index is 0.651. The van der Waals surface area contributed by atoms with Gasteiger partial charge in [0.15, 0.2) is 5.75 Å². The number of benzene rings is 1. The summed E-state index contributed by atoms with van der Waals surface area (Å²) in [6, 6.07) is 5.84. The molecule has 1 aromatic carbocycles. The van der Waals surface area contributed by atoms with Gasteiger partial charge in [-0.25, -0.2) is 0 Å². The summed E-state index contributed by atoms with van der Waals surface area (Å²) in [5, 5.41) is 7.87. The Balaban J connectivity index is 2.32. The molecule has 0 unspecified atom stereocenters. The first-order valence-electron chi connectivity index (χ1n) is 5.66. The number of nitrogen functional groups attached to an aromatic ring is 1. The maximum absolute atomic E-state index is 5.97. The van der Waals surface area contributed by atoms with Gasteiger partial charge >= 0.3 is 0 Å². The third-order valence-electron chi connectivity index (χ3n) is 3.09. The molecule has 5 heteroatoms. The fraction of sp³-hybridized carbons (Fsp3) is 0.154. The first-order valence-corrected chi connectivity index (χ1v) is 5.66. The topological polar surface area (TPSA) is 79.7 Å². The van der Waals surface area contributed by atoms with Gasteiger partial charge in [0.05, 0.1) is 29.7 Å². The molecule has 0 radical (unpaired) electrons. The Bertz CT molecular complexity index is 697. The lowest BCUT2D eigenvalue weighted by atomic mass is 10.1. The van der Waals surface area contributed by atoms with Crippen molar-refractivity contribution >= 4 is 16.6 Å². The lowest BCUT2D eigenvalue weighted by molar-refractivity contribution is 0.422. The highest BCUT2D eigenvalue weighted by Crippen LogP contribution is 2.36. The highest BCUT2D eigenvalue weighted by molar-refractivity contribution is 5.96. The molecule has 0 saturated carbocycles. The highest BCUT2D eigenvalue weighted by Gasteiger charge is 2.13. The quantitative estimate of drug-likeness (QED) is 0.604. The van der Waals surface area contributed by atoms with Crippen LogP contribution in [0.25, 0.3) is 22.3 Å². The van der Waals surface area contributed by atoms with Crippen molar-refractivity contribution in [1.29, 1.82) is 0 Å². The molecule has 18 heavy (non-hydrogen) atoms. The summed E-state index contributed by atoms with van der Waals surface area (Å²) in [6.07, 6.45) is 1.72. The molecule has 4 N–H and O–H groups in total. The molecule has 2 heterocycles. The van der Waals surface area contributed by atoms with Crippen molar-refractivity contribution in [3.63, 3.8) is 0 Å². The number of nitrogens with two attached hydrogens (primary N) is 1. The summed E-state index contributed by atoms with van der Waals surface area (Å²) < 4.78 is 5.37. The summed E-state index contributed by atoms with van der Waals surface area (Å²) >= 11 is 0. The van der Waals surface area contributed by atoms with E-state index >= 15 is 0 Å². The molecule has 2 aromatic heterocycles. The van der Waals surface area contributed by atoms with E-state index in [0.29, 0.717) is 11.4 Å². The van der Waals surface area contributed by atoms with Crippen molar-refractivity contribution in [1.82, 2.24) is 15.2 Å². The van der Waals surface area contributed by atoms with Crippen LogP contribution in [0.2, 0.25) is 0 Å². The van der Waals surface area contributed by atoms with Gasteiger partial charge in [0.1, 0.15) is 0 Å². The second-order valence-electron chi connectivity index (χ2n) is 4.26. The Morgan fingerprint density at radius 3 is 2.78 bits per heavy atom. The second-order valence-corrected chi connectivity index (χ2v) is 4.26. The van der Waals surface area contributed by atoms with Crippen LogP contribution in [0.1, 0.15) is 5.56 Å². The number of hydrogen-bond acceptors (Lipinski definition) is 3. The molecule has 0 bridgehead atoms. The van der Waals surface area contributed by atoms with E-state index in [4.69, 9.17) is 10.5 Å². The Morgan fingerprint density at radius 1 is 1.28 bits per heavy atom. The molecular formula is C13H14N4O. The number of ether oxygens (including phenoxy) is 1. The Morgan fingerprint density at radius 2 is 2.11 bits per heavy atom. The minimum absolute atomic E-state index is 0.651. The maximum Gasteiger partial charge on any atom is 0.151 e. The Kier molecular flexibility index (Phi) is 2.26. The molecule has 5 nitrogen and oxygen atoms in total. The lowest BCUT2D eigenvalue weighted by Crippen LogP contribution is -1.93. The van der Waals surface area contributed by atoms with Crippen LogP contribution in [0.4, 0.5) is 5.69 Å². The molecule has 0 spiro atoms. The van der Waals surface area contributed by atoms with Gasteiger partial charge in [0, 0.05) is 11.6 Å². The van der Waals surface area contributed by atoms with Crippen molar-refractivity contribution in [2.24, 2.45) is 0 Å². The molecule has 3 rings (SSSR count). The van der Waals surface area contributed by atoms with Crippen LogP contribution < -0.4 is 10.5 Å². The number of aromatic nitrogens is 3. The monoisotopic (exact) mass is 242 g/mol. The summed E-state index contributed by atoms with van der Waals surface area (Å²) in [7, 11) is 1.63. The zero-order valence-corrected chi connectivity index (χ0v) is 10.2. The number of nitrogens with one attached hydrogen (secondary N) is 2. The van der Waals surface area contributed by atoms with Gasteiger partial charge in [-0.3, -0.25) is 5.10 Å². The number of anilines is 1. The number of H-pyrrole nitrogens is 2. The standard InChI is InChI=1S/C13H14N4O/c1-7-5-9(14)13(18-2)8-6-11(16-12(7)8)10-3-4-15-17-10/h3-6,16H,14H2,1-2H3,(H,15,17). The van der Waals surface area contributed by atoms with Crippen LogP contribution in [-0.4, -0.2) is 22.3 Å². The van der Waals surface area contributed by atoms with E-state index in [-0.39, 0.29) is 0 Å². The van der Waals surface area contributed by atoms with Crippen LogP contribution in [-0.2, 0) is 0 Å². The van der Waals surface area contributed by atoms with E-state index in [0.717, 1.165) is 27.9 Å². The molecule has 0 aliphatic heterocycles. The fourth-order valence-electron chi connectivity index (χ4n) is 2.25. The van der Waals surface area contributed by atoms with Crippen molar-refractivity contribution in [2.45, 2.75) is 6.92 Å². The minimum Gasteiger partial charge on any atom is -0.494 e. The van der Waals surface area contributed by atoms with E-state index in [1.54, 1.807) is 13.3 Å². The van der Waals surface area contributed by atoms with Gasteiger partial charge in [-0.15, -0.1) is 0 Å². The predicted octanol–water partition coefficient (Wildman–Crippen LogP) is 2.46. The summed E-state index contributed by atoms with van der Waals surface area (Å²) in [6.45, 7) is 2.02. The van der Waals surface area contributed by atoms with E-state index in [9.17, 15) is 0 Å². The second kappa shape index (κ2) is 3.80. The highest BCUT2D eigenvalue weighted by atomic mass is 16.5. The van der Waals surface area contributed by atoms with Gasteiger partial charge in [0.25, 0.3) is 0 Å². The number of methoxy groups -OCH3 is 1. The molecule has 92 valence electrons. The lowest BCUT2D eigenvalue weighted by Gasteiger charge is -2.07. The summed E-state index contributed by atoms with van der Waals surface area (Å²) in [5.74, 6) is 0.706. The molecule has 0 aliphatic rings. The van der Waals surface area contributed by atoms with Crippen molar-refractivity contribution in [3.05, 3.63) is 30.0 Å². The Labute approximate surface area is 104 Å². The first-order chi connectivity index (χ1) is 8.70. The molecule has 0 fully saturated rings. The van der Waals surface area contributed by atoms with Gasteiger partial charge < -0.3 is 15.5 Å². The Hall–Kier alpha value is -2.43. The van der Waals surface area contributed by atoms with E-state index in [1.807, 2.05) is 25.1 Å². The molecule has 0 atom stereocenters.